The van der Waals surface area contributed by atoms with Gasteiger partial charge in [0.1, 0.15) is 12.3 Å². The average molecular weight is 428 g/mol. The molecule has 0 atom stereocenters. The van der Waals surface area contributed by atoms with Crippen molar-refractivity contribution < 1.29 is 9.26 Å². The standard InChI is InChI=1S/C24H37N5O2/c1-5-25-24(27-16-22-14-23(18(2)3)28-31-22)26-15-19-10-12-29(13-11-19)17-20-6-8-21(30-4)9-7-20/h6-9,14,18-19H,5,10-13,15-17H2,1-4H3,(H2,25,26,27). The fraction of sp³-hybridized carbons (Fsp3) is 0.583. The third-order valence-corrected chi connectivity index (χ3v) is 5.74. The van der Waals surface area contributed by atoms with E-state index >= 15 is 0 Å². The maximum Gasteiger partial charge on any atom is 0.191 e. The number of likely N-dealkylation sites (tertiary alicyclic amines) is 1. The van der Waals surface area contributed by atoms with Crippen LogP contribution in [0.5, 0.6) is 5.75 Å². The van der Waals surface area contributed by atoms with Crippen LogP contribution in [0.25, 0.3) is 0 Å². The van der Waals surface area contributed by atoms with Crippen LogP contribution in [0.3, 0.4) is 0 Å². The smallest absolute Gasteiger partial charge is 0.191 e. The summed E-state index contributed by atoms with van der Waals surface area (Å²) in [4.78, 5) is 7.20. The summed E-state index contributed by atoms with van der Waals surface area (Å²) in [5.74, 6) is 3.57. The Labute approximate surface area is 186 Å². The molecule has 7 nitrogen and oxygen atoms in total. The minimum absolute atomic E-state index is 0.364. The number of nitrogens with zero attached hydrogens (tertiary/aromatic N) is 3. The second-order valence-electron chi connectivity index (χ2n) is 8.52. The number of nitrogens with one attached hydrogen (secondary N) is 2. The highest BCUT2D eigenvalue weighted by molar-refractivity contribution is 5.79. The van der Waals surface area contributed by atoms with E-state index in [0.29, 0.717) is 18.4 Å². The van der Waals surface area contributed by atoms with Gasteiger partial charge in [0.15, 0.2) is 11.7 Å². The summed E-state index contributed by atoms with van der Waals surface area (Å²) in [5.41, 5.74) is 2.32. The molecule has 0 saturated carbocycles. The van der Waals surface area contributed by atoms with E-state index in [-0.39, 0.29) is 0 Å². The van der Waals surface area contributed by atoms with Crippen molar-refractivity contribution in [3.8, 4) is 5.75 Å². The normalized spacial score (nSPS) is 16.0. The van der Waals surface area contributed by atoms with E-state index in [1.54, 1.807) is 7.11 Å². The highest BCUT2D eigenvalue weighted by Gasteiger charge is 2.19. The van der Waals surface area contributed by atoms with Crippen molar-refractivity contribution in [3.63, 3.8) is 0 Å². The van der Waals surface area contributed by atoms with E-state index in [9.17, 15) is 0 Å². The Balaban J connectivity index is 1.42. The number of guanidine groups is 1. The Morgan fingerprint density at radius 1 is 1.23 bits per heavy atom. The molecule has 1 aromatic heterocycles. The van der Waals surface area contributed by atoms with Gasteiger partial charge in [-0.3, -0.25) is 4.90 Å². The summed E-state index contributed by atoms with van der Waals surface area (Å²) in [6.07, 6.45) is 2.39. The SMILES string of the molecule is CCNC(=NCc1cc(C(C)C)no1)NCC1CCN(Cc2ccc(OC)cc2)CC1. The van der Waals surface area contributed by atoms with Crippen molar-refractivity contribution >= 4 is 5.96 Å². The monoisotopic (exact) mass is 427 g/mol. The maximum absolute atomic E-state index is 5.40. The van der Waals surface area contributed by atoms with Gasteiger partial charge in [0.05, 0.1) is 12.8 Å². The van der Waals surface area contributed by atoms with Crippen LogP contribution >= 0.6 is 0 Å². The summed E-state index contributed by atoms with van der Waals surface area (Å²) in [6, 6.07) is 10.4. The van der Waals surface area contributed by atoms with Crippen LogP contribution in [0.4, 0.5) is 0 Å². The molecule has 0 bridgehead atoms. The van der Waals surface area contributed by atoms with Gasteiger partial charge >= 0.3 is 0 Å². The Kier molecular flexibility index (Phi) is 8.76. The Bertz CT molecular complexity index is 808. The summed E-state index contributed by atoms with van der Waals surface area (Å²) in [7, 11) is 1.71. The zero-order valence-corrected chi connectivity index (χ0v) is 19.4. The minimum Gasteiger partial charge on any atom is -0.497 e. The lowest BCUT2D eigenvalue weighted by molar-refractivity contribution is 0.178. The molecule has 1 aliphatic heterocycles. The van der Waals surface area contributed by atoms with Crippen molar-refractivity contribution in [2.24, 2.45) is 10.9 Å². The lowest BCUT2D eigenvalue weighted by atomic mass is 9.96. The highest BCUT2D eigenvalue weighted by Crippen LogP contribution is 2.20. The number of rotatable bonds is 9. The molecule has 2 N–H and O–H groups in total. The van der Waals surface area contributed by atoms with E-state index in [0.717, 1.165) is 55.9 Å². The van der Waals surface area contributed by atoms with Crippen molar-refractivity contribution in [3.05, 3.63) is 47.3 Å². The molecule has 0 aliphatic carbocycles. The zero-order valence-electron chi connectivity index (χ0n) is 19.4. The highest BCUT2D eigenvalue weighted by atomic mass is 16.5. The molecule has 2 heterocycles. The maximum atomic E-state index is 5.40. The van der Waals surface area contributed by atoms with Gasteiger partial charge in [-0.25, -0.2) is 4.99 Å². The number of ether oxygens (including phenoxy) is 1. The van der Waals surface area contributed by atoms with E-state index in [1.807, 2.05) is 18.2 Å². The third kappa shape index (κ3) is 7.28. The first kappa shape index (κ1) is 23.1. The molecule has 2 aromatic rings. The van der Waals surface area contributed by atoms with Gasteiger partial charge in [0.2, 0.25) is 0 Å². The summed E-state index contributed by atoms with van der Waals surface area (Å²) in [5, 5.41) is 10.9. The second kappa shape index (κ2) is 11.7. The van der Waals surface area contributed by atoms with Gasteiger partial charge in [-0.2, -0.15) is 0 Å². The number of methoxy groups -OCH3 is 1. The molecule has 0 spiro atoms. The Hall–Kier alpha value is -2.54. The molecule has 0 unspecified atom stereocenters. The molecule has 0 radical (unpaired) electrons. The van der Waals surface area contributed by atoms with Crippen LogP contribution in [0.15, 0.2) is 39.8 Å². The summed E-state index contributed by atoms with van der Waals surface area (Å²) in [6.45, 7) is 11.8. The molecular weight excluding hydrogens is 390 g/mol. The van der Waals surface area contributed by atoms with Gasteiger partial charge in [0.25, 0.3) is 0 Å². The van der Waals surface area contributed by atoms with Crippen LogP contribution in [-0.2, 0) is 13.1 Å². The van der Waals surface area contributed by atoms with Crippen LogP contribution in [0.1, 0.15) is 56.5 Å². The molecule has 7 heteroatoms. The van der Waals surface area contributed by atoms with Gasteiger partial charge < -0.3 is 19.9 Å². The molecule has 1 fully saturated rings. The molecular formula is C24H37N5O2. The fourth-order valence-electron chi connectivity index (χ4n) is 3.75. The largest absolute Gasteiger partial charge is 0.497 e. The average Bonchev–Trinajstić information content (AvgIpc) is 3.27. The predicted octanol–water partition coefficient (Wildman–Crippen LogP) is 3.77. The molecule has 1 aromatic carbocycles. The van der Waals surface area contributed by atoms with Crippen molar-refractivity contribution in [1.82, 2.24) is 20.7 Å². The first-order valence-corrected chi connectivity index (χ1v) is 11.4. The molecule has 31 heavy (non-hydrogen) atoms. The second-order valence-corrected chi connectivity index (χ2v) is 8.52. The van der Waals surface area contributed by atoms with Crippen molar-refractivity contribution in [2.75, 3.05) is 33.3 Å². The number of aliphatic imine (C=N–C) groups is 1. The van der Waals surface area contributed by atoms with Crippen LogP contribution in [0.2, 0.25) is 0 Å². The third-order valence-electron chi connectivity index (χ3n) is 5.74. The number of hydrogen-bond donors (Lipinski definition) is 2. The lowest BCUT2D eigenvalue weighted by Crippen LogP contribution is -2.42. The summed E-state index contributed by atoms with van der Waals surface area (Å²) < 4.78 is 10.6. The van der Waals surface area contributed by atoms with Crippen LogP contribution < -0.4 is 15.4 Å². The molecule has 1 saturated heterocycles. The quantitative estimate of drug-likeness (QED) is 0.469. The van der Waals surface area contributed by atoms with E-state index in [2.05, 4.69) is 58.6 Å². The van der Waals surface area contributed by atoms with E-state index in [4.69, 9.17) is 9.26 Å². The lowest BCUT2D eigenvalue weighted by Gasteiger charge is -2.32. The summed E-state index contributed by atoms with van der Waals surface area (Å²) >= 11 is 0. The van der Waals surface area contributed by atoms with Gasteiger partial charge in [-0.05, 0) is 62.4 Å². The molecule has 3 rings (SSSR count). The molecule has 0 amide bonds. The topological polar surface area (TPSA) is 74.9 Å². The van der Waals surface area contributed by atoms with Gasteiger partial charge in [-0.15, -0.1) is 0 Å². The number of hydrogen-bond acceptors (Lipinski definition) is 5. The first-order valence-electron chi connectivity index (χ1n) is 11.4. The van der Waals surface area contributed by atoms with E-state index in [1.165, 1.54) is 18.4 Å². The number of aromatic nitrogens is 1. The fourth-order valence-corrected chi connectivity index (χ4v) is 3.75. The van der Waals surface area contributed by atoms with Gasteiger partial charge in [-0.1, -0.05) is 31.1 Å². The van der Waals surface area contributed by atoms with Gasteiger partial charge in [0, 0.05) is 25.7 Å². The molecule has 1 aliphatic rings. The number of piperidine rings is 1. The van der Waals surface area contributed by atoms with E-state index < -0.39 is 0 Å². The first-order chi connectivity index (χ1) is 15.1. The number of benzene rings is 1. The van der Waals surface area contributed by atoms with Crippen molar-refractivity contribution in [2.45, 2.75) is 52.6 Å². The molecule has 170 valence electrons. The Morgan fingerprint density at radius 2 is 1.97 bits per heavy atom. The van der Waals surface area contributed by atoms with Crippen LogP contribution in [-0.4, -0.2) is 49.3 Å². The predicted molar refractivity (Wildman–Crippen MR) is 124 cm³/mol. The van der Waals surface area contributed by atoms with Crippen LogP contribution in [0, 0.1) is 5.92 Å². The Morgan fingerprint density at radius 3 is 2.58 bits per heavy atom. The van der Waals surface area contributed by atoms with Crippen molar-refractivity contribution in [1.29, 1.82) is 0 Å². The minimum atomic E-state index is 0.364. The zero-order chi connectivity index (χ0) is 22.1.